The third-order valence-corrected chi connectivity index (χ3v) is 7.32. The highest BCUT2D eigenvalue weighted by Gasteiger charge is 2.28. The molecule has 0 amide bonds. The van der Waals surface area contributed by atoms with Gasteiger partial charge in [0.1, 0.15) is 33.4 Å². The molecule has 9 nitrogen and oxygen atoms in total. The molecule has 7 aromatic rings. The van der Waals surface area contributed by atoms with E-state index in [2.05, 4.69) is 5.10 Å². The van der Waals surface area contributed by atoms with Crippen LogP contribution in [0.15, 0.2) is 89.3 Å². The van der Waals surface area contributed by atoms with Crippen LogP contribution in [0.25, 0.3) is 49.8 Å². The molecule has 2 heterocycles. The van der Waals surface area contributed by atoms with E-state index in [0.717, 1.165) is 21.9 Å². The number of hydrogen-bond donors (Lipinski definition) is 5. The fourth-order valence-electron chi connectivity index (χ4n) is 4.98. The van der Waals surface area contributed by atoms with Crippen molar-refractivity contribution >= 4 is 44.4 Å². The van der Waals surface area contributed by atoms with E-state index in [1.54, 1.807) is 48.5 Å². The molecule has 0 bridgehead atoms. The average molecular weight is 567 g/mol. The third kappa shape index (κ3) is 3.67. The van der Waals surface area contributed by atoms with Crippen LogP contribution in [0.2, 0.25) is 5.02 Å². The van der Waals surface area contributed by atoms with Crippen LogP contribution in [-0.2, 0) is 0 Å². The lowest BCUT2D eigenvalue weighted by atomic mass is 10.0. The SMILES string of the molecule is Oc1c(O)c(O)c(-c2nn(-c3cccc(Oc4ccc5oc6ccccc6c5c4)c3Cl)c3ccccc23)c(O)c1O. The molecule has 0 aliphatic carbocycles. The van der Waals surface area contributed by atoms with Crippen LogP contribution in [0.5, 0.6) is 40.2 Å². The average Bonchev–Trinajstić information content (AvgIpc) is 3.55. The molecule has 7 rings (SSSR count). The number of hydrogen-bond acceptors (Lipinski definition) is 8. The van der Waals surface area contributed by atoms with Gasteiger partial charge in [-0.05, 0) is 42.5 Å². The standard InChI is InChI=1S/C31H19ClN2O7/c32-25-20(9-5-11-23(25)40-15-12-13-22-18(14-15)16-6-2-4-10-21(16)41-22)34-19-8-3-1-7-17(19)26(33-34)24-27(35)29(37)31(39)30(38)28(24)36/h1-14,35-39H. The fourth-order valence-corrected chi connectivity index (χ4v) is 5.23. The topological polar surface area (TPSA) is 141 Å². The summed E-state index contributed by atoms with van der Waals surface area (Å²) >= 11 is 6.86. The number of phenols is 5. The smallest absolute Gasteiger partial charge is 0.208 e. The van der Waals surface area contributed by atoms with Crippen molar-refractivity contribution in [3.63, 3.8) is 0 Å². The maximum Gasteiger partial charge on any atom is 0.208 e. The van der Waals surface area contributed by atoms with Gasteiger partial charge >= 0.3 is 0 Å². The first-order valence-corrected chi connectivity index (χ1v) is 12.8. The van der Waals surface area contributed by atoms with Crippen molar-refractivity contribution in [2.24, 2.45) is 0 Å². The number of para-hydroxylation sites is 2. The number of rotatable bonds is 4. The van der Waals surface area contributed by atoms with Crippen molar-refractivity contribution in [1.82, 2.24) is 9.78 Å². The number of nitrogens with zero attached hydrogens (tertiary/aromatic N) is 2. The number of aromatic hydroxyl groups is 5. The summed E-state index contributed by atoms with van der Waals surface area (Å²) in [6.45, 7) is 0. The molecule has 0 fully saturated rings. The fraction of sp³-hybridized carbons (Fsp3) is 0. The lowest BCUT2D eigenvalue weighted by Crippen LogP contribution is -1.99. The minimum Gasteiger partial charge on any atom is -0.504 e. The van der Waals surface area contributed by atoms with Gasteiger partial charge in [-0.25, -0.2) is 4.68 Å². The lowest BCUT2D eigenvalue weighted by molar-refractivity contribution is 0.330. The normalized spacial score (nSPS) is 11.5. The van der Waals surface area contributed by atoms with E-state index < -0.39 is 28.7 Å². The molecule has 0 radical (unpaired) electrons. The van der Waals surface area contributed by atoms with Crippen LogP contribution in [-0.4, -0.2) is 35.3 Å². The van der Waals surface area contributed by atoms with Crippen LogP contribution >= 0.6 is 11.6 Å². The van der Waals surface area contributed by atoms with Crippen LogP contribution in [0.1, 0.15) is 0 Å². The van der Waals surface area contributed by atoms with E-state index in [-0.39, 0.29) is 16.3 Å². The Labute approximate surface area is 235 Å². The molecule has 0 aliphatic rings. The highest BCUT2D eigenvalue weighted by atomic mass is 35.5. The molecular formula is C31H19ClN2O7. The van der Waals surface area contributed by atoms with Gasteiger partial charge in [0.15, 0.2) is 11.5 Å². The first-order valence-electron chi connectivity index (χ1n) is 12.4. The van der Waals surface area contributed by atoms with Gasteiger partial charge in [0.05, 0.1) is 16.8 Å². The Morgan fingerprint density at radius 2 is 1.32 bits per heavy atom. The number of ether oxygens (including phenoxy) is 1. The van der Waals surface area contributed by atoms with Crippen LogP contribution in [0.4, 0.5) is 0 Å². The van der Waals surface area contributed by atoms with E-state index >= 15 is 0 Å². The minimum atomic E-state index is -1.05. The molecule has 0 spiro atoms. The Morgan fingerprint density at radius 1 is 0.659 bits per heavy atom. The van der Waals surface area contributed by atoms with Crippen molar-refractivity contribution in [3.05, 3.63) is 90.0 Å². The zero-order valence-electron chi connectivity index (χ0n) is 20.9. The van der Waals surface area contributed by atoms with Crippen LogP contribution < -0.4 is 4.74 Å². The minimum absolute atomic E-state index is 0.0286. The summed E-state index contributed by atoms with van der Waals surface area (Å²) in [4.78, 5) is 0. The number of fused-ring (bicyclic) bond motifs is 4. The predicted octanol–water partition coefficient (Wildman–Crippen LogP) is 7.57. The Bertz CT molecular complexity index is 2140. The van der Waals surface area contributed by atoms with Gasteiger partial charge in [0.25, 0.3) is 0 Å². The first kappa shape index (κ1) is 24.5. The molecule has 202 valence electrons. The Kier molecular flexibility index (Phi) is 5.38. The van der Waals surface area contributed by atoms with Crippen molar-refractivity contribution in [1.29, 1.82) is 0 Å². The Morgan fingerprint density at radius 3 is 2.10 bits per heavy atom. The van der Waals surface area contributed by atoms with Gasteiger partial charge in [-0.1, -0.05) is 54.1 Å². The second-order valence-electron chi connectivity index (χ2n) is 9.34. The summed E-state index contributed by atoms with van der Waals surface area (Å²) in [6.07, 6.45) is 0. The molecule has 41 heavy (non-hydrogen) atoms. The second kappa shape index (κ2) is 9.00. The van der Waals surface area contributed by atoms with E-state index in [0.29, 0.717) is 28.1 Å². The highest BCUT2D eigenvalue weighted by molar-refractivity contribution is 6.34. The zero-order valence-corrected chi connectivity index (χ0v) is 21.7. The van der Waals surface area contributed by atoms with Gasteiger partial charge in [0.2, 0.25) is 17.2 Å². The quantitative estimate of drug-likeness (QED) is 0.108. The first-order chi connectivity index (χ1) is 19.8. The van der Waals surface area contributed by atoms with Gasteiger partial charge in [-0.3, -0.25) is 0 Å². The number of halogens is 1. The van der Waals surface area contributed by atoms with E-state index in [1.807, 2.05) is 36.4 Å². The summed E-state index contributed by atoms with van der Waals surface area (Å²) in [5.41, 5.74) is 2.13. The summed E-state index contributed by atoms with van der Waals surface area (Å²) in [6, 6.07) is 25.3. The van der Waals surface area contributed by atoms with Gasteiger partial charge in [-0.2, -0.15) is 5.10 Å². The number of benzene rings is 5. The summed E-state index contributed by atoms with van der Waals surface area (Å²) in [7, 11) is 0. The van der Waals surface area contributed by atoms with E-state index in [4.69, 9.17) is 20.8 Å². The number of furan rings is 1. The van der Waals surface area contributed by atoms with Crippen molar-refractivity contribution in [3.8, 4) is 57.2 Å². The number of aromatic nitrogens is 2. The van der Waals surface area contributed by atoms with Gasteiger partial charge in [-0.15, -0.1) is 0 Å². The third-order valence-electron chi connectivity index (χ3n) is 6.94. The zero-order chi connectivity index (χ0) is 28.4. The van der Waals surface area contributed by atoms with E-state index in [1.165, 1.54) is 4.68 Å². The molecule has 5 N–H and O–H groups in total. The highest BCUT2D eigenvalue weighted by Crippen LogP contribution is 2.55. The summed E-state index contributed by atoms with van der Waals surface area (Å²) < 4.78 is 13.6. The Balaban J connectivity index is 1.36. The molecule has 0 atom stereocenters. The molecule has 2 aromatic heterocycles. The molecule has 0 saturated carbocycles. The molecule has 10 heteroatoms. The van der Waals surface area contributed by atoms with Crippen LogP contribution in [0, 0.1) is 0 Å². The van der Waals surface area contributed by atoms with Gasteiger partial charge in [0, 0.05) is 16.2 Å². The van der Waals surface area contributed by atoms with Crippen molar-refractivity contribution < 1.29 is 34.7 Å². The Hall–Kier alpha value is -5.54. The van der Waals surface area contributed by atoms with Crippen molar-refractivity contribution in [2.75, 3.05) is 0 Å². The molecule has 0 aliphatic heterocycles. The lowest BCUT2D eigenvalue weighted by Gasteiger charge is -2.12. The predicted molar refractivity (Wildman–Crippen MR) is 154 cm³/mol. The molecule has 0 unspecified atom stereocenters. The monoisotopic (exact) mass is 566 g/mol. The van der Waals surface area contributed by atoms with Crippen LogP contribution in [0.3, 0.4) is 0 Å². The maximum atomic E-state index is 10.6. The maximum absolute atomic E-state index is 10.6. The molecular weight excluding hydrogens is 548 g/mol. The van der Waals surface area contributed by atoms with Gasteiger partial charge < -0.3 is 34.7 Å². The summed E-state index contributed by atoms with van der Waals surface area (Å²) in [5, 5.41) is 58.4. The molecule has 0 saturated heterocycles. The second-order valence-corrected chi connectivity index (χ2v) is 9.72. The largest absolute Gasteiger partial charge is 0.504 e. The van der Waals surface area contributed by atoms with E-state index in [9.17, 15) is 25.5 Å². The van der Waals surface area contributed by atoms with Crippen molar-refractivity contribution in [2.45, 2.75) is 0 Å². The number of phenolic OH excluding ortho intramolecular Hbond substituents is 5. The molecule has 5 aromatic carbocycles. The summed E-state index contributed by atoms with van der Waals surface area (Å²) in [5.74, 6) is -3.85.